The molecule has 21 heavy (non-hydrogen) atoms. The van der Waals surface area contributed by atoms with Crippen LogP contribution in [0.3, 0.4) is 0 Å². The lowest BCUT2D eigenvalue weighted by atomic mass is 9.94. The second kappa shape index (κ2) is 5.11. The molecule has 0 aromatic carbocycles. The van der Waals surface area contributed by atoms with Gasteiger partial charge in [0.15, 0.2) is 5.78 Å². The SMILES string of the molecule is CC(C)OC(=O)c1sc2nc3c(cc2c1N)C(=O)CCC3. The van der Waals surface area contributed by atoms with E-state index in [1.54, 1.807) is 19.9 Å². The number of nitrogen functional groups attached to an aromatic ring is 1. The van der Waals surface area contributed by atoms with E-state index < -0.39 is 5.97 Å². The predicted molar refractivity (Wildman–Crippen MR) is 81.9 cm³/mol. The van der Waals surface area contributed by atoms with E-state index in [9.17, 15) is 9.59 Å². The van der Waals surface area contributed by atoms with Crippen molar-refractivity contribution < 1.29 is 14.3 Å². The summed E-state index contributed by atoms with van der Waals surface area (Å²) in [6.45, 7) is 3.58. The van der Waals surface area contributed by atoms with E-state index in [0.29, 0.717) is 32.8 Å². The standard InChI is InChI=1S/C15H16N2O3S/c1-7(2)20-15(19)13-12(16)9-6-8-10(17-14(9)21-13)4-3-5-11(8)18/h6-7H,3-5,16H2,1-2H3. The van der Waals surface area contributed by atoms with Crippen molar-refractivity contribution >= 4 is 39.0 Å². The number of aryl methyl sites for hydroxylation is 1. The van der Waals surface area contributed by atoms with Crippen LogP contribution in [0.5, 0.6) is 0 Å². The first-order chi connectivity index (χ1) is 9.97. The van der Waals surface area contributed by atoms with Crippen molar-refractivity contribution in [1.82, 2.24) is 4.98 Å². The van der Waals surface area contributed by atoms with Crippen LogP contribution in [0.1, 0.15) is 52.4 Å². The molecule has 1 aliphatic rings. The van der Waals surface area contributed by atoms with Gasteiger partial charge in [-0.3, -0.25) is 4.79 Å². The minimum absolute atomic E-state index is 0.0996. The Balaban J connectivity index is 2.12. The molecule has 2 aromatic heterocycles. The molecule has 0 aliphatic heterocycles. The Morgan fingerprint density at radius 2 is 2.19 bits per heavy atom. The number of aromatic nitrogens is 1. The Bertz CT molecular complexity index is 749. The quantitative estimate of drug-likeness (QED) is 0.862. The zero-order chi connectivity index (χ0) is 15.1. The van der Waals surface area contributed by atoms with Crippen molar-refractivity contribution in [2.75, 3.05) is 5.73 Å². The zero-order valence-electron chi connectivity index (χ0n) is 11.9. The number of fused-ring (bicyclic) bond motifs is 2. The Kier molecular flexibility index (Phi) is 3.41. The molecule has 0 atom stereocenters. The maximum absolute atomic E-state index is 12.0. The maximum atomic E-state index is 12.0. The molecule has 5 nitrogen and oxygen atoms in total. The average Bonchev–Trinajstić information content (AvgIpc) is 2.74. The molecule has 0 saturated heterocycles. The second-order valence-electron chi connectivity index (χ2n) is 5.41. The highest BCUT2D eigenvalue weighted by Gasteiger charge is 2.24. The summed E-state index contributed by atoms with van der Waals surface area (Å²) in [5.74, 6) is -0.336. The van der Waals surface area contributed by atoms with Gasteiger partial charge in [0.25, 0.3) is 0 Å². The topological polar surface area (TPSA) is 82.3 Å². The Labute approximate surface area is 126 Å². The molecule has 2 N–H and O–H groups in total. The number of carbonyl (C=O) groups is 2. The van der Waals surface area contributed by atoms with E-state index >= 15 is 0 Å². The van der Waals surface area contributed by atoms with Crippen molar-refractivity contribution in [2.24, 2.45) is 0 Å². The fourth-order valence-electron chi connectivity index (χ4n) is 2.48. The molecular formula is C15H16N2O3S. The first-order valence-corrected chi connectivity index (χ1v) is 7.75. The van der Waals surface area contributed by atoms with Gasteiger partial charge in [-0.2, -0.15) is 0 Å². The molecular weight excluding hydrogens is 288 g/mol. The lowest BCUT2D eigenvalue weighted by Gasteiger charge is -2.13. The smallest absolute Gasteiger partial charge is 0.350 e. The number of rotatable bonds is 2. The molecule has 110 valence electrons. The monoisotopic (exact) mass is 304 g/mol. The van der Waals surface area contributed by atoms with E-state index in [4.69, 9.17) is 10.5 Å². The fourth-order valence-corrected chi connectivity index (χ4v) is 3.46. The third-order valence-corrected chi connectivity index (χ3v) is 4.54. The zero-order valence-corrected chi connectivity index (χ0v) is 12.8. The van der Waals surface area contributed by atoms with E-state index in [1.807, 2.05) is 0 Å². The molecule has 2 heterocycles. The van der Waals surface area contributed by atoms with Crippen LogP contribution >= 0.6 is 11.3 Å². The summed E-state index contributed by atoms with van der Waals surface area (Å²) in [5, 5.41) is 0.671. The highest BCUT2D eigenvalue weighted by atomic mass is 32.1. The molecule has 1 aliphatic carbocycles. The largest absolute Gasteiger partial charge is 0.459 e. The van der Waals surface area contributed by atoms with Gasteiger partial charge >= 0.3 is 5.97 Å². The van der Waals surface area contributed by atoms with Gasteiger partial charge in [0.05, 0.1) is 17.5 Å². The third-order valence-electron chi connectivity index (χ3n) is 3.45. The number of Topliss-reactive ketones (excluding diaryl/α,β-unsaturated/α-hetero) is 1. The van der Waals surface area contributed by atoms with E-state index in [2.05, 4.69) is 4.98 Å². The van der Waals surface area contributed by atoms with Gasteiger partial charge in [0.1, 0.15) is 9.71 Å². The number of thiophene rings is 1. The summed E-state index contributed by atoms with van der Waals surface area (Å²) >= 11 is 1.23. The molecule has 2 aromatic rings. The van der Waals surface area contributed by atoms with Crippen molar-refractivity contribution in [1.29, 1.82) is 0 Å². The molecule has 6 heteroatoms. The molecule has 0 bridgehead atoms. The van der Waals surface area contributed by atoms with Gasteiger partial charge in [-0.1, -0.05) is 0 Å². The molecule has 0 radical (unpaired) electrons. The molecule has 0 spiro atoms. The van der Waals surface area contributed by atoms with Crippen LogP contribution in [-0.4, -0.2) is 22.8 Å². The summed E-state index contributed by atoms with van der Waals surface area (Å²) in [6.07, 6.45) is 1.96. The van der Waals surface area contributed by atoms with Crippen LogP contribution in [0.25, 0.3) is 10.2 Å². The van der Waals surface area contributed by atoms with E-state index in [1.165, 1.54) is 11.3 Å². The first-order valence-electron chi connectivity index (χ1n) is 6.93. The average molecular weight is 304 g/mol. The lowest BCUT2D eigenvalue weighted by Crippen LogP contribution is -2.12. The van der Waals surface area contributed by atoms with Crippen molar-refractivity contribution in [3.63, 3.8) is 0 Å². The van der Waals surface area contributed by atoms with Crippen LogP contribution in [-0.2, 0) is 11.2 Å². The van der Waals surface area contributed by atoms with Gasteiger partial charge in [0.2, 0.25) is 0 Å². The number of carbonyl (C=O) groups excluding carboxylic acids is 2. The van der Waals surface area contributed by atoms with Crippen LogP contribution in [0.15, 0.2) is 6.07 Å². The summed E-state index contributed by atoms with van der Waals surface area (Å²) in [5.41, 5.74) is 7.86. The highest BCUT2D eigenvalue weighted by Crippen LogP contribution is 2.35. The fraction of sp³-hybridized carbons (Fsp3) is 0.400. The van der Waals surface area contributed by atoms with Gasteiger partial charge in [-0.15, -0.1) is 11.3 Å². The number of ketones is 1. The molecule has 3 rings (SSSR count). The number of hydrogen-bond acceptors (Lipinski definition) is 6. The lowest BCUT2D eigenvalue weighted by molar-refractivity contribution is 0.0385. The molecule has 0 unspecified atom stereocenters. The first kappa shape index (κ1) is 14.0. The minimum atomic E-state index is -0.435. The van der Waals surface area contributed by atoms with Crippen molar-refractivity contribution in [3.8, 4) is 0 Å². The molecule has 0 saturated carbocycles. The van der Waals surface area contributed by atoms with Crippen LogP contribution in [0.2, 0.25) is 0 Å². The number of nitrogens with zero attached hydrogens (tertiary/aromatic N) is 1. The Hall–Kier alpha value is -1.95. The normalized spacial score (nSPS) is 14.5. The highest BCUT2D eigenvalue weighted by molar-refractivity contribution is 7.21. The van der Waals surface area contributed by atoms with Crippen molar-refractivity contribution in [3.05, 3.63) is 22.2 Å². The third kappa shape index (κ3) is 2.40. The molecule has 0 amide bonds. The van der Waals surface area contributed by atoms with E-state index in [0.717, 1.165) is 18.5 Å². The van der Waals surface area contributed by atoms with Crippen LogP contribution in [0.4, 0.5) is 5.69 Å². The number of hydrogen-bond donors (Lipinski definition) is 1. The van der Waals surface area contributed by atoms with Gasteiger partial charge in [-0.05, 0) is 32.8 Å². The second-order valence-corrected chi connectivity index (χ2v) is 6.41. The summed E-state index contributed by atoms with van der Waals surface area (Å²) in [4.78, 5) is 29.6. The summed E-state index contributed by atoms with van der Waals surface area (Å²) in [6, 6.07) is 1.77. The number of esters is 1. The number of pyridine rings is 1. The van der Waals surface area contributed by atoms with Gasteiger partial charge in [0, 0.05) is 17.4 Å². The minimum Gasteiger partial charge on any atom is -0.459 e. The summed E-state index contributed by atoms with van der Waals surface area (Å²) in [7, 11) is 0. The molecule has 0 fully saturated rings. The summed E-state index contributed by atoms with van der Waals surface area (Å²) < 4.78 is 5.19. The Morgan fingerprint density at radius 3 is 2.90 bits per heavy atom. The number of anilines is 1. The van der Waals surface area contributed by atoms with Crippen LogP contribution < -0.4 is 5.73 Å². The van der Waals surface area contributed by atoms with Crippen molar-refractivity contribution in [2.45, 2.75) is 39.2 Å². The number of ether oxygens (including phenoxy) is 1. The maximum Gasteiger partial charge on any atom is 0.350 e. The van der Waals surface area contributed by atoms with Gasteiger partial charge < -0.3 is 10.5 Å². The van der Waals surface area contributed by atoms with E-state index in [-0.39, 0.29) is 11.9 Å². The Morgan fingerprint density at radius 1 is 1.43 bits per heavy atom. The van der Waals surface area contributed by atoms with Crippen LogP contribution in [0, 0.1) is 0 Å². The van der Waals surface area contributed by atoms with Gasteiger partial charge in [-0.25, -0.2) is 9.78 Å². The number of nitrogens with two attached hydrogens (primary N) is 1. The predicted octanol–water partition coefficient (Wildman–Crippen LogP) is 2.96.